The summed E-state index contributed by atoms with van der Waals surface area (Å²) < 4.78 is 10.1. The van der Waals surface area contributed by atoms with Crippen LogP contribution in [0.3, 0.4) is 0 Å². The number of nitrogens with zero attached hydrogens (tertiary/aromatic N) is 2. The third kappa shape index (κ3) is 6.01. The highest BCUT2D eigenvalue weighted by Gasteiger charge is 2.04. The van der Waals surface area contributed by atoms with E-state index in [9.17, 15) is 4.79 Å². The Balaban J connectivity index is 2.45. The summed E-state index contributed by atoms with van der Waals surface area (Å²) >= 11 is 0. The lowest BCUT2D eigenvalue weighted by molar-refractivity contribution is -0.119. The second-order valence-corrected chi connectivity index (χ2v) is 3.77. The van der Waals surface area contributed by atoms with Crippen LogP contribution >= 0.6 is 0 Å². The van der Waals surface area contributed by atoms with Crippen LogP contribution in [0.5, 0.6) is 5.88 Å². The lowest BCUT2D eigenvalue weighted by Gasteiger charge is -2.09. The second-order valence-electron chi connectivity index (χ2n) is 3.77. The van der Waals surface area contributed by atoms with Crippen LogP contribution in [-0.4, -0.2) is 49.3 Å². The first-order valence-corrected chi connectivity index (χ1v) is 6.13. The molecule has 0 aromatic carbocycles. The minimum Gasteiger partial charge on any atom is -0.478 e. The Morgan fingerprint density at radius 1 is 1.42 bits per heavy atom. The van der Waals surface area contributed by atoms with Crippen molar-refractivity contribution in [1.82, 2.24) is 15.3 Å². The molecule has 0 fully saturated rings. The summed E-state index contributed by atoms with van der Waals surface area (Å²) in [4.78, 5) is 19.8. The highest BCUT2D eigenvalue weighted by Crippen LogP contribution is 2.12. The smallest absolute Gasteiger partial charge is 0.239 e. The Morgan fingerprint density at radius 3 is 2.89 bits per heavy atom. The van der Waals surface area contributed by atoms with Gasteiger partial charge in [0.2, 0.25) is 11.8 Å². The predicted octanol–water partition coefficient (Wildman–Crippen LogP) is 0.358. The number of methoxy groups -OCH3 is 1. The maximum atomic E-state index is 11.5. The van der Waals surface area contributed by atoms with Gasteiger partial charge in [-0.1, -0.05) is 0 Å². The van der Waals surface area contributed by atoms with Gasteiger partial charge < -0.3 is 20.1 Å². The number of aryl methyl sites for hydroxylation is 1. The van der Waals surface area contributed by atoms with Gasteiger partial charge in [-0.15, -0.1) is 0 Å². The summed E-state index contributed by atoms with van der Waals surface area (Å²) in [5.41, 5.74) is 0. The lowest BCUT2D eigenvalue weighted by Crippen LogP contribution is -2.32. The zero-order valence-electron chi connectivity index (χ0n) is 11.5. The van der Waals surface area contributed by atoms with E-state index in [1.807, 2.05) is 6.92 Å². The number of hydrogen-bond donors (Lipinski definition) is 2. The SMILES string of the molecule is CCOc1cc(NCC(=O)NCCOC)nc(C)n1. The standard InChI is InChI=1S/C12H20N4O3/c1-4-19-12-7-10(15-9(2)16-12)14-8-11(17)13-5-6-18-3/h7H,4-6,8H2,1-3H3,(H,13,17)(H,14,15,16). The van der Waals surface area contributed by atoms with Gasteiger partial charge in [-0.05, 0) is 13.8 Å². The first-order valence-electron chi connectivity index (χ1n) is 6.13. The summed E-state index contributed by atoms with van der Waals surface area (Å²) in [6, 6.07) is 1.67. The second kappa shape index (κ2) is 8.25. The van der Waals surface area contributed by atoms with Crippen LogP contribution in [0.25, 0.3) is 0 Å². The van der Waals surface area contributed by atoms with E-state index < -0.39 is 0 Å². The summed E-state index contributed by atoms with van der Waals surface area (Å²) in [6.45, 7) is 5.32. The Morgan fingerprint density at radius 2 is 2.21 bits per heavy atom. The molecule has 1 heterocycles. The molecule has 0 saturated carbocycles. The average molecular weight is 268 g/mol. The molecule has 0 aliphatic rings. The topological polar surface area (TPSA) is 85.4 Å². The summed E-state index contributed by atoms with van der Waals surface area (Å²) in [6.07, 6.45) is 0. The van der Waals surface area contributed by atoms with Crippen molar-refractivity contribution in [2.45, 2.75) is 13.8 Å². The number of amides is 1. The van der Waals surface area contributed by atoms with Crippen molar-refractivity contribution < 1.29 is 14.3 Å². The molecule has 0 aliphatic carbocycles. The Hall–Kier alpha value is -1.89. The van der Waals surface area contributed by atoms with Gasteiger partial charge in [0.15, 0.2) is 0 Å². The fourth-order valence-electron chi connectivity index (χ4n) is 1.38. The highest BCUT2D eigenvalue weighted by atomic mass is 16.5. The molecule has 0 spiro atoms. The molecule has 0 unspecified atom stereocenters. The molecule has 7 heteroatoms. The Labute approximate surface area is 112 Å². The zero-order chi connectivity index (χ0) is 14.1. The summed E-state index contributed by atoms with van der Waals surface area (Å²) in [7, 11) is 1.59. The van der Waals surface area contributed by atoms with E-state index >= 15 is 0 Å². The van der Waals surface area contributed by atoms with E-state index in [1.165, 1.54) is 0 Å². The maximum absolute atomic E-state index is 11.5. The molecule has 0 radical (unpaired) electrons. The molecule has 7 nitrogen and oxygen atoms in total. The summed E-state index contributed by atoms with van der Waals surface area (Å²) in [5.74, 6) is 1.54. The highest BCUT2D eigenvalue weighted by molar-refractivity contribution is 5.80. The van der Waals surface area contributed by atoms with Crippen molar-refractivity contribution in [3.05, 3.63) is 11.9 Å². The molecule has 1 rings (SSSR count). The van der Waals surface area contributed by atoms with Crippen molar-refractivity contribution in [1.29, 1.82) is 0 Å². The molecule has 1 aromatic rings. The molecule has 2 N–H and O–H groups in total. The number of ether oxygens (including phenoxy) is 2. The molecular formula is C12H20N4O3. The molecule has 0 aliphatic heterocycles. The minimum absolute atomic E-state index is 0.119. The third-order valence-electron chi connectivity index (χ3n) is 2.17. The molecular weight excluding hydrogens is 248 g/mol. The largest absolute Gasteiger partial charge is 0.478 e. The lowest BCUT2D eigenvalue weighted by atomic mass is 10.4. The van der Waals surface area contributed by atoms with E-state index in [0.717, 1.165) is 0 Å². The van der Waals surface area contributed by atoms with Gasteiger partial charge in [-0.2, -0.15) is 4.98 Å². The van der Waals surface area contributed by atoms with Crippen molar-refractivity contribution >= 4 is 11.7 Å². The third-order valence-corrected chi connectivity index (χ3v) is 2.17. The normalized spacial score (nSPS) is 10.1. The van der Waals surface area contributed by atoms with Gasteiger partial charge in [-0.3, -0.25) is 4.79 Å². The number of hydrogen-bond acceptors (Lipinski definition) is 6. The van der Waals surface area contributed by atoms with E-state index in [4.69, 9.17) is 9.47 Å². The molecule has 0 saturated heterocycles. The number of rotatable bonds is 8. The van der Waals surface area contributed by atoms with Gasteiger partial charge in [0.05, 0.1) is 19.8 Å². The number of aromatic nitrogens is 2. The minimum atomic E-state index is -0.119. The van der Waals surface area contributed by atoms with Gasteiger partial charge >= 0.3 is 0 Å². The number of carbonyl (C=O) groups excluding carboxylic acids is 1. The first-order chi connectivity index (χ1) is 9.15. The maximum Gasteiger partial charge on any atom is 0.239 e. The van der Waals surface area contributed by atoms with Gasteiger partial charge in [0, 0.05) is 19.7 Å². The van der Waals surface area contributed by atoms with E-state index in [-0.39, 0.29) is 12.5 Å². The number of carbonyl (C=O) groups is 1. The van der Waals surface area contributed by atoms with E-state index in [1.54, 1.807) is 20.1 Å². The molecule has 1 amide bonds. The van der Waals surface area contributed by atoms with Crippen LogP contribution in [0.4, 0.5) is 5.82 Å². The van der Waals surface area contributed by atoms with Gasteiger partial charge in [-0.25, -0.2) is 4.98 Å². The van der Waals surface area contributed by atoms with Crippen LogP contribution in [0.2, 0.25) is 0 Å². The number of anilines is 1. The predicted molar refractivity (Wildman–Crippen MR) is 71.3 cm³/mol. The fourth-order valence-corrected chi connectivity index (χ4v) is 1.38. The van der Waals surface area contributed by atoms with Crippen LogP contribution in [0.15, 0.2) is 6.07 Å². The number of nitrogens with one attached hydrogen (secondary N) is 2. The van der Waals surface area contributed by atoms with Crippen molar-refractivity contribution in [3.8, 4) is 5.88 Å². The Kier molecular flexibility index (Phi) is 6.59. The fraction of sp³-hybridized carbons (Fsp3) is 0.583. The monoisotopic (exact) mass is 268 g/mol. The zero-order valence-corrected chi connectivity index (χ0v) is 11.5. The van der Waals surface area contributed by atoms with Crippen molar-refractivity contribution in [2.75, 3.05) is 38.7 Å². The Bertz CT molecular complexity index is 412. The molecule has 1 aromatic heterocycles. The van der Waals surface area contributed by atoms with E-state index in [0.29, 0.717) is 37.3 Å². The molecule has 19 heavy (non-hydrogen) atoms. The summed E-state index contributed by atoms with van der Waals surface area (Å²) in [5, 5.41) is 5.63. The van der Waals surface area contributed by atoms with Crippen LogP contribution < -0.4 is 15.4 Å². The quantitative estimate of drug-likeness (QED) is 0.662. The van der Waals surface area contributed by atoms with E-state index in [2.05, 4.69) is 20.6 Å². The first kappa shape index (κ1) is 15.2. The molecule has 106 valence electrons. The average Bonchev–Trinajstić information content (AvgIpc) is 2.36. The van der Waals surface area contributed by atoms with Crippen molar-refractivity contribution in [2.24, 2.45) is 0 Å². The van der Waals surface area contributed by atoms with Gasteiger partial charge in [0.1, 0.15) is 11.6 Å². The van der Waals surface area contributed by atoms with Crippen LogP contribution in [0, 0.1) is 6.92 Å². The van der Waals surface area contributed by atoms with Crippen LogP contribution in [-0.2, 0) is 9.53 Å². The molecule has 0 bridgehead atoms. The molecule has 0 atom stereocenters. The van der Waals surface area contributed by atoms with Gasteiger partial charge in [0.25, 0.3) is 0 Å². The van der Waals surface area contributed by atoms with Crippen molar-refractivity contribution in [3.63, 3.8) is 0 Å². The van der Waals surface area contributed by atoms with Crippen LogP contribution in [0.1, 0.15) is 12.7 Å².